The van der Waals surface area contributed by atoms with E-state index in [4.69, 9.17) is 9.15 Å². The molecule has 124 valence electrons. The topological polar surface area (TPSA) is 59.8 Å². The number of nitrogens with zero attached hydrogens (tertiary/aromatic N) is 1. The maximum absolute atomic E-state index is 12.7. The molecule has 5 heteroatoms. The van der Waals surface area contributed by atoms with Crippen molar-refractivity contribution in [2.24, 2.45) is 0 Å². The molecule has 24 heavy (non-hydrogen) atoms. The van der Waals surface area contributed by atoms with E-state index in [-0.39, 0.29) is 5.91 Å². The minimum absolute atomic E-state index is 0.168. The average Bonchev–Trinajstić information content (AvgIpc) is 3.31. The molecule has 0 bridgehead atoms. The third-order valence-corrected chi connectivity index (χ3v) is 3.91. The van der Waals surface area contributed by atoms with Gasteiger partial charge in [0.15, 0.2) is 0 Å². The quantitative estimate of drug-likeness (QED) is 0.626. The molecule has 2 aromatic rings. The zero-order valence-electron chi connectivity index (χ0n) is 13.3. The molecular formula is C19H19NO4. The normalized spacial score (nSPS) is 15.6. The summed E-state index contributed by atoms with van der Waals surface area (Å²) in [6.45, 7) is 1.42. The number of likely N-dealkylation sites (tertiary alicyclic amines) is 1. The number of ether oxygens (including phenoxy) is 1. The highest BCUT2D eigenvalue weighted by atomic mass is 16.5. The highest BCUT2D eigenvalue weighted by molar-refractivity contribution is 5.90. The predicted octanol–water partition coefficient (Wildman–Crippen LogP) is 3.20. The fourth-order valence-electron chi connectivity index (χ4n) is 2.68. The first-order valence-corrected chi connectivity index (χ1v) is 8.00. The number of furan rings is 1. The lowest BCUT2D eigenvalue weighted by atomic mass is 10.1. The Labute approximate surface area is 140 Å². The molecule has 0 aliphatic carbocycles. The van der Waals surface area contributed by atoms with Crippen LogP contribution in [0, 0.1) is 0 Å². The minimum atomic E-state index is -0.918. The van der Waals surface area contributed by atoms with Crippen LogP contribution in [0.25, 0.3) is 6.08 Å². The van der Waals surface area contributed by atoms with Crippen molar-refractivity contribution < 1.29 is 18.7 Å². The van der Waals surface area contributed by atoms with Crippen molar-refractivity contribution in [1.29, 1.82) is 0 Å². The number of hydrogen-bond donors (Lipinski definition) is 0. The van der Waals surface area contributed by atoms with Crippen LogP contribution in [0.1, 0.15) is 30.3 Å². The zero-order valence-corrected chi connectivity index (χ0v) is 13.3. The Morgan fingerprint density at radius 2 is 1.83 bits per heavy atom. The molecule has 1 atom stereocenters. The molecule has 2 heterocycles. The lowest BCUT2D eigenvalue weighted by Gasteiger charge is -2.23. The Hall–Kier alpha value is -2.82. The summed E-state index contributed by atoms with van der Waals surface area (Å²) in [6.07, 6.45) is 5.36. The number of benzene rings is 1. The van der Waals surface area contributed by atoms with Crippen molar-refractivity contribution in [2.75, 3.05) is 13.1 Å². The minimum Gasteiger partial charge on any atom is -0.465 e. The third kappa shape index (κ3) is 3.93. The van der Waals surface area contributed by atoms with Crippen LogP contribution in [0.3, 0.4) is 0 Å². The Kier molecular flexibility index (Phi) is 5.11. The van der Waals surface area contributed by atoms with Crippen molar-refractivity contribution >= 4 is 18.0 Å². The van der Waals surface area contributed by atoms with E-state index in [2.05, 4.69) is 0 Å². The summed E-state index contributed by atoms with van der Waals surface area (Å²) < 4.78 is 10.6. The predicted molar refractivity (Wildman–Crippen MR) is 88.8 cm³/mol. The first-order valence-electron chi connectivity index (χ1n) is 8.00. The fraction of sp³-hybridized carbons (Fsp3) is 0.263. The maximum atomic E-state index is 12.7. The Bertz CT molecular complexity index is 700. The number of hydrogen-bond acceptors (Lipinski definition) is 4. The van der Waals surface area contributed by atoms with E-state index in [1.54, 1.807) is 29.2 Å². The van der Waals surface area contributed by atoms with E-state index in [0.717, 1.165) is 12.8 Å². The highest BCUT2D eigenvalue weighted by Gasteiger charge is 2.30. The summed E-state index contributed by atoms with van der Waals surface area (Å²) in [5.41, 5.74) is 0.675. The van der Waals surface area contributed by atoms with Crippen molar-refractivity contribution in [3.8, 4) is 0 Å². The van der Waals surface area contributed by atoms with E-state index in [1.165, 1.54) is 18.4 Å². The van der Waals surface area contributed by atoms with E-state index < -0.39 is 12.1 Å². The van der Waals surface area contributed by atoms with Gasteiger partial charge in [-0.05, 0) is 31.1 Å². The molecule has 1 amide bonds. The molecular weight excluding hydrogens is 306 g/mol. The Morgan fingerprint density at radius 1 is 1.08 bits per heavy atom. The molecule has 1 aromatic carbocycles. The second-order valence-electron chi connectivity index (χ2n) is 5.61. The molecule has 0 saturated carbocycles. The summed E-state index contributed by atoms with van der Waals surface area (Å²) in [4.78, 5) is 26.6. The second kappa shape index (κ2) is 7.64. The van der Waals surface area contributed by atoms with Crippen LogP contribution in [0.2, 0.25) is 0 Å². The van der Waals surface area contributed by atoms with Gasteiger partial charge in [0.25, 0.3) is 5.91 Å². The van der Waals surface area contributed by atoms with Gasteiger partial charge in [-0.15, -0.1) is 0 Å². The van der Waals surface area contributed by atoms with Crippen LogP contribution >= 0.6 is 0 Å². The number of carbonyl (C=O) groups is 2. The average molecular weight is 325 g/mol. The first kappa shape index (κ1) is 16.1. The molecule has 1 fully saturated rings. The van der Waals surface area contributed by atoms with E-state index in [9.17, 15) is 9.59 Å². The van der Waals surface area contributed by atoms with Crippen LogP contribution < -0.4 is 0 Å². The van der Waals surface area contributed by atoms with Gasteiger partial charge >= 0.3 is 5.97 Å². The van der Waals surface area contributed by atoms with Gasteiger partial charge in [0.05, 0.1) is 6.26 Å². The van der Waals surface area contributed by atoms with Crippen molar-refractivity contribution in [2.45, 2.75) is 18.9 Å². The summed E-state index contributed by atoms with van der Waals surface area (Å²) in [6, 6.07) is 12.6. The molecule has 1 saturated heterocycles. The number of amides is 1. The van der Waals surface area contributed by atoms with Gasteiger partial charge in [-0.2, -0.15) is 0 Å². The van der Waals surface area contributed by atoms with Crippen LogP contribution in [-0.4, -0.2) is 29.9 Å². The van der Waals surface area contributed by atoms with Gasteiger partial charge in [-0.1, -0.05) is 30.3 Å². The zero-order chi connectivity index (χ0) is 16.8. The monoisotopic (exact) mass is 325 g/mol. The molecule has 0 spiro atoms. The van der Waals surface area contributed by atoms with Gasteiger partial charge in [-0.3, -0.25) is 4.79 Å². The molecule has 0 unspecified atom stereocenters. The van der Waals surface area contributed by atoms with Crippen molar-refractivity contribution in [3.05, 3.63) is 66.1 Å². The largest absolute Gasteiger partial charge is 0.465 e. The number of rotatable bonds is 5. The third-order valence-electron chi connectivity index (χ3n) is 3.91. The highest BCUT2D eigenvalue weighted by Crippen LogP contribution is 2.23. The molecule has 1 aliphatic heterocycles. The van der Waals surface area contributed by atoms with E-state index in [0.29, 0.717) is 24.4 Å². The first-order chi connectivity index (χ1) is 11.7. The molecule has 1 aromatic heterocycles. The summed E-state index contributed by atoms with van der Waals surface area (Å²) in [5, 5.41) is 0. The summed E-state index contributed by atoms with van der Waals surface area (Å²) in [5.74, 6) is -0.194. The van der Waals surface area contributed by atoms with Crippen LogP contribution in [0.4, 0.5) is 0 Å². The molecule has 1 aliphatic rings. The lowest BCUT2D eigenvalue weighted by Crippen LogP contribution is -2.34. The molecule has 0 N–H and O–H groups in total. The fourth-order valence-corrected chi connectivity index (χ4v) is 2.68. The Balaban J connectivity index is 1.74. The van der Waals surface area contributed by atoms with Gasteiger partial charge in [0.1, 0.15) is 5.76 Å². The summed E-state index contributed by atoms with van der Waals surface area (Å²) in [7, 11) is 0. The van der Waals surface area contributed by atoms with Gasteiger partial charge < -0.3 is 14.1 Å². The van der Waals surface area contributed by atoms with Crippen molar-refractivity contribution in [3.63, 3.8) is 0 Å². The number of esters is 1. The molecule has 5 nitrogen and oxygen atoms in total. The van der Waals surface area contributed by atoms with E-state index in [1.807, 2.05) is 18.2 Å². The van der Waals surface area contributed by atoms with Crippen LogP contribution in [0.15, 0.2) is 59.2 Å². The van der Waals surface area contributed by atoms with E-state index >= 15 is 0 Å². The smallest absolute Gasteiger partial charge is 0.332 e. The molecule has 3 rings (SSSR count). The summed E-state index contributed by atoms with van der Waals surface area (Å²) >= 11 is 0. The Morgan fingerprint density at radius 3 is 2.50 bits per heavy atom. The van der Waals surface area contributed by atoms with Gasteiger partial charge in [-0.25, -0.2) is 4.79 Å². The number of carbonyl (C=O) groups excluding carboxylic acids is 2. The van der Waals surface area contributed by atoms with Crippen LogP contribution in [-0.2, 0) is 14.3 Å². The SMILES string of the molecule is O=C(/C=C/c1ccco1)O[C@H](C(=O)N1CCCC1)c1ccccc1. The molecule has 0 radical (unpaired) electrons. The van der Waals surface area contributed by atoms with Crippen LogP contribution in [0.5, 0.6) is 0 Å². The van der Waals surface area contributed by atoms with Crippen molar-refractivity contribution in [1.82, 2.24) is 4.90 Å². The standard InChI is InChI=1S/C19H19NO4/c21-17(11-10-16-9-6-14-23-16)24-18(15-7-2-1-3-8-15)19(22)20-12-4-5-13-20/h1-3,6-11,14,18H,4-5,12-13H2/b11-10+/t18-/m0/s1. The second-order valence-corrected chi connectivity index (χ2v) is 5.61. The lowest BCUT2D eigenvalue weighted by molar-refractivity contribution is -0.156. The van der Waals surface area contributed by atoms with Gasteiger partial charge in [0.2, 0.25) is 6.10 Å². The van der Waals surface area contributed by atoms with Gasteiger partial charge in [0, 0.05) is 24.7 Å². The maximum Gasteiger partial charge on any atom is 0.332 e.